The summed E-state index contributed by atoms with van der Waals surface area (Å²) in [5.74, 6) is 0.318. The van der Waals surface area contributed by atoms with E-state index in [1.807, 2.05) is 30.3 Å². The smallest absolute Gasteiger partial charge is 0.251 e. The van der Waals surface area contributed by atoms with Gasteiger partial charge in [-0.2, -0.15) is 5.26 Å². The summed E-state index contributed by atoms with van der Waals surface area (Å²) >= 11 is 1.53. The Morgan fingerprint density at radius 1 is 1.04 bits per heavy atom. The van der Waals surface area contributed by atoms with Gasteiger partial charge in [0.2, 0.25) is 5.91 Å². The van der Waals surface area contributed by atoms with Crippen LogP contribution in [0.5, 0.6) is 0 Å². The van der Waals surface area contributed by atoms with Crippen molar-refractivity contribution in [2.24, 2.45) is 0 Å². The van der Waals surface area contributed by atoms with Crippen molar-refractivity contribution in [3.63, 3.8) is 0 Å². The minimum atomic E-state index is -0.194. The van der Waals surface area contributed by atoms with E-state index in [0.717, 1.165) is 10.6 Å². The highest BCUT2D eigenvalue weighted by atomic mass is 32.2. The second-order valence-corrected chi connectivity index (χ2v) is 6.31. The Morgan fingerprint density at radius 3 is 2.52 bits per heavy atom. The van der Waals surface area contributed by atoms with Gasteiger partial charge in [0.05, 0.1) is 11.8 Å². The predicted octanol–water partition coefficient (Wildman–Crippen LogP) is 3.45. The number of nitrogens with zero attached hydrogens (tertiary/aromatic N) is 1. The largest absolute Gasteiger partial charge is 0.352 e. The van der Waals surface area contributed by atoms with E-state index in [4.69, 9.17) is 5.26 Å². The van der Waals surface area contributed by atoms with Crippen molar-refractivity contribution < 1.29 is 9.59 Å². The zero-order chi connectivity index (χ0) is 17.9. The molecule has 0 aromatic heterocycles. The van der Waals surface area contributed by atoms with Gasteiger partial charge in [0.15, 0.2) is 0 Å². The molecule has 2 N–H and O–H groups in total. The number of rotatable bonds is 8. The van der Waals surface area contributed by atoms with Crippen LogP contribution in [-0.2, 0) is 4.79 Å². The van der Waals surface area contributed by atoms with Crippen LogP contribution >= 0.6 is 11.8 Å². The number of anilines is 1. The lowest BCUT2D eigenvalue weighted by Gasteiger charge is -2.10. The fourth-order valence-corrected chi connectivity index (χ4v) is 2.96. The molecular formula is C19H19N3O2S. The Morgan fingerprint density at radius 2 is 1.76 bits per heavy atom. The van der Waals surface area contributed by atoms with Crippen molar-refractivity contribution in [1.82, 2.24) is 5.32 Å². The fourth-order valence-electron chi connectivity index (χ4n) is 2.10. The number of carbonyl (C=O) groups is 2. The maximum Gasteiger partial charge on any atom is 0.251 e. The van der Waals surface area contributed by atoms with Crippen LogP contribution in [0.1, 0.15) is 23.2 Å². The minimum absolute atomic E-state index is 0.165. The molecule has 0 heterocycles. The maximum atomic E-state index is 12.1. The molecule has 0 aliphatic carbocycles. The molecule has 0 saturated carbocycles. The summed E-state index contributed by atoms with van der Waals surface area (Å²) in [6, 6.07) is 18.5. The van der Waals surface area contributed by atoms with Crippen LogP contribution in [0, 0.1) is 11.3 Å². The van der Waals surface area contributed by atoms with Gasteiger partial charge >= 0.3 is 0 Å². The quantitative estimate of drug-likeness (QED) is 0.562. The Labute approximate surface area is 151 Å². The molecule has 25 heavy (non-hydrogen) atoms. The molecular weight excluding hydrogens is 334 g/mol. The first kappa shape index (κ1) is 18.6. The number of hydrogen-bond donors (Lipinski definition) is 2. The van der Waals surface area contributed by atoms with E-state index in [2.05, 4.69) is 16.7 Å². The van der Waals surface area contributed by atoms with Gasteiger partial charge < -0.3 is 10.6 Å². The minimum Gasteiger partial charge on any atom is -0.352 e. The van der Waals surface area contributed by atoms with E-state index >= 15 is 0 Å². The van der Waals surface area contributed by atoms with Crippen molar-refractivity contribution in [1.29, 1.82) is 5.26 Å². The van der Waals surface area contributed by atoms with E-state index in [0.29, 0.717) is 17.7 Å². The van der Waals surface area contributed by atoms with Crippen molar-refractivity contribution in [2.75, 3.05) is 17.6 Å². The maximum absolute atomic E-state index is 12.1. The molecule has 0 spiro atoms. The van der Waals surface area contributed by atoms with Gasteiger partial charge in [-0.25, -0.2) is 0 Å². The molecule has 0 saturated heterocycles. The normalized spacial score (nSPS) is 9.88. The first-order valence-electron chi connectivity index (χ1n) is 7.92. The van der Waals surface area contributed by atoms with Gasteiger partial charge in [-0.1, -0.05) is 30.3 Å². The van der Waals surface area contributed by atoms with Crippen LogP contribution < -0.4 is 10.6 Å². The molecule has 128 valence electrons. The third-order valence-electron chi connectivity index (χ3n) is 3.31. The van der Waals surface area contributed by atoms with Crippen molar-refractivity contribution in [3.05, 3.63) is 60.2 Å². The Balaban J connectivity index is 1.80. The highest BCUT2D eigenvalue weighted by Crippen LogP contribution is 2.27. The van der Waals surface area contributed by atoms with Crippen molar-refractivity contribution >= 4 is 29.3 Å². The molecule has 2 rings (SSSR count). The van der Waals surface area contributed by atoms with Crippen molar-refractivity contribution in [3.8, 4) is 6.07 Å². The summed E-state index contributed by atoms with van der Waals surface area (Å²) in [7, 11) is 0. The van der Waals surface area contributed by atoms with Gasteiger partial charge in [0, 0.05) is 35.6 Å². The third-order valence-corrected chi connectivity index (χ3v) is 4.38. The fraction of sp³-hybridized carbons (Fsp3) is 0.211. The Kier molecular flexibility index (Phi) is 7.54. The second kappa shape index (κ2) is 10.2. The first-order chi connectivity index (χ1) is 12.2. The number of para-hydroxylation sites is 1. The number of nitrogens with one attached hydrogen (secondary N) is 2. The summed E-state index contributed by atoms with van der Waals surface area (Å²) in [6.45, 7) is 0.267. The van der Waals surface area contributed by atoms with Crippen molar-refractivity contribution in [2.45, 2.75) is 17.7 Å². The molecule has 0 unspecified atom stereocenters. The van der Waals surface area contributed by atoms with E-state index in [9.17, 15) is 9.59 Å². The van der Waals surface area contributed by atoms with Gasteiger partial charge in [0.25, 0.3) is 5.91 Å². The SMILES string of the molecule is N#CCCSc1ccccc1NC(=O)CCNC(=O)c1ccccc1. The second-order valence-electron chi connectivity index (χ2n) is 5.17. The molecule has 0 atom stereocenters. The molecule has 2 aromatic rings. The predicted molar refractivity (Wildman–Crippen MR) is 99.4 cm³/mol. The summed E-state index contributed by atoms with van der Waals surface area (Å²) in [4.78, 5) is 24.9. The zero-order valence-corrected chi connectivity index (χ0v) is 14.5. The molecule has 0 radical (unpaired) electrons. The van der Waals surface area contributed by atoms with Gasteiger partial charge in [-0.05, 0) is 24.3 Å². The number of benzene rings is 2. The van der Waals surface area contributed by atoms with E-state index < -0.39 is 0 Å². The van der Waals surface area contributed by atoms with Crippen LogP contribution in [0.25, 0.3) is 0 Å². The zero-order valence-electron chi connectivity index (χ0n) is 13.7. The van der Waals surface area contributed by atoms with Gasteiger partial charge in [0.1, 0.15) is 0 Å². The monoisotopic (exact) mass is 353 g/mol. The molecule has 5 nitrogen and oxygen atoms in total. The molecule has 0 aliphatic rings. The molecule has 0 aliphatic heterocycles. The van der Waals surface area contributed by atoms with Crippen LogP contribution in [0.2, 0.25) is 0 Å². The molecule has 0 fully saturated rings. The van der Waals surface area contributed by atoms with Crippen LogP contribution in [0.4, 0.5) is 5.69 Å². The summed E-state index contributed by atoms with van der Waals surface area (Å²) < 4.78 is 0. The number of nitriles is 1. The summed E-state index contributed by atoms with van der Waals surface area (Å²) in [5, 5.41) is 14.2. The first-order valence-corrected chi connectivity index (χ1v) is 8.91. The highest BCUT2D eigenvalue weighted by Gasteiger charge is 2.08. The standard InChI is InChI=1S/C19H19N3O2S/c20-12-6-14-25-17-10-5-4-9-16(17)22-18(23)11-13-21-19(24)15-7-2-1-3-8-15/h1-5,7-10H,6,11,13-14H2,(H,21,24)(H,22,23). The average molecular weight is 353 g/mol. The lowest BCUT2D eigenvalue weighted by Crippen LogP contribution is -2.27. The van der Waals surface area contributed by atoms with Crippen LogP contribution in [0.15, 0.2) is 59.5 Å². The topological polar surface area (TPSA) is 82.0 Å². The third kappa shape index (κ3) is 6.32. The number of thioether (sulfide) groups is 1. The number of amides is 2. The van der Waals surface area contributed by atoms with E-state index in [1.54, 1.807) is 24.3 Å². The molecule has 2 aromatic carbocycles. The van der Waals surface area contributed by atoms with Crippen LogP contribution in [-0.4, -0.2) is 24.1 Å². The lowest BCUT2D eigenvalue weighted by molar-refractivity contribution is -0.116. The summed E-state index contributed by atoms with van der Waals surface area (Å²) in [5.41, 5.74) is 1.30. The van der Waals surface area contributed by atoms with Gasteiger partial charge in [-0.15, -0.1) is 11.8 Å². The molecule has 6 heteroatoms. The van der Waals surface area contributed by atoms with E-state index in [1.165, 1.54) is 11.8 Å². The highest BCUT2D eigenvalue weighted by molar-refractivity contribution is 7.99. The van der Waals surface area contributed by atoms with Crippen LogP contribution in [0.3, 0.4) is 0 Å². The average Bonchev–Trinajstić information content (AvgIpc) is 2.64. The molecule has 0 bridgehead atoms. The number of carbonyl (C=O) groups excluding carboxylic acids is 2. The molecule has 2 amide bonds. The van der Waals surface area contributed by atoms with Gasteiger partial charge in [-0.3, -0.25) is 9.59 Å². The van der Waals surface area contributed by atoms with E-state index in [-0.39, 0.29) is 24.8 Å². The number of hydrogen-bond acceptors (Lipinski definition) is 4. The lowest BCUT2D eigenvalue weighted by atomic mass is 10.2. The summed E-state index contributed by atoms with van der Waals surface area (Å²) in [6.07, 6.45) is 0.647. The Bertz CT molecular complexity index is 757. The Hall–Kier alpha value is -2.78.